The van der Waals surface area contributed by atoms with Gasteiger partial charge in [0.05, 0.1) is 12.6 Å². The molecule has 1 saturated carbocycles. The monoisotopic (exact) mass is 481 g/mol. The molecule has 2 fully saturated rings. The van der Waals surface area contributed by atoms with Crippen LogP contribution in [0.5, 0.6) is 0 Å². The van der Waals surface area contributed by atoms with Crippen LogP contribution in [0.2, 0.25) is 0 Å². The summed E-state index contributed by atoms with van der Waals surface area (Å²) in [6.45, 7) is 2.30. The molecule has 0 amide bonds. The number of benzene rings is 2. The van der Waals surface area contributed by atoms with Crippen molar-refractivity contribution in [3.8, 4) is 0 Å². The lowest BCUT2D eigenvalue weighted by Gasteiger charge is -2.29. The fourth-order valence-corrected chi connectivity index (χ4v) is 4.99. The molecule has 1 N–H and O–H groups in total. The third-order valence-corrected chi connectivity index (χ3v) is 6.94. The van der Waals surface area contributed by atoms with Gasteiger partial charge in [0.25, 0.3) is 0 Å². The third-order valence-electron chi connectivity index (χ3n) is 6.94. The standard InChI is InChI=1S/C26H26F3N5O/c27-26(28,29)22-15-30-25(32-24(22)34-23(11-13-35-34)17-4-2-1-3-5-17)31-20-7-6-19-16-33(21-8-9-21)12-10-18(19)14-20/h1-7,14-15,21,23H,8-13,16H2,(H,30,31,32)/t23-/m0/s1. The van der Waals surface area contributed by atoms with E-state index in [1.54, 1.807) is 0 Å². The average Bonchev–Trinajstić information content (AvgIpc) is 3.59. The smallest absolute Gasteiger partial charge is 0.324 e. The number of nitrogens with one attached hydrogen (secondary N) is 1. The number of hydroxylamine groups is 1. The normalized spacial score (nSPS) is 20.7. The molecule has 1 atom stereocenters. The maximum absolute atomic E-state index is 13.9. The van der Waals surface area contributed by atoms with E-state index in [0.29, 0.717) is 13.0 Å². The molecule has 0 bridgehead atoms. The second kappa shape index (κ2) is 8.80. The van der Waals surface area contributed by atoms with Crippen molar-refractivity contribution < 1.29 is 18.0 Å². The minimum absolute atomic E-state index is 0.102. The van der Waals surface area contributed by atoms with Crippen molar-refractivity contribution in [1.29, 1.82) is 0 Å². The minimum Gasteiger partial charge on any atom is -0.324 e. The number of fused-ring (bicyclic) bond motifs is 1. The molecule has 9 heteroatoms. The maximum Gasteiger partial charge on any atom is 0.421 e. The molecule has 2 aromatic carbocycles. The molecule has 0 radical (unpaired) electrons. The average molecular weight is 482 g/mol. The summed E-state index contributed by atoms with van der Waals surface area (Å²) in [7, 11) is 0. The van der Waals surface area contributed by atoms with Gasteiger partial charge in [0, 0.05) is 37.4 Å². The second-order valence-corrected chi connectivity index (χ2v) is 9.36. The summed E-state index contributed by atoms with van der Waals surface area (Å²) < 4.78 is 41.7. The highest BCUT2D eigenvalue weighted by atomic mass is 19.4. The van der Waals surface area contributed by atoms with Gasteiger partial charge in [-0.1, -0.05) is 36.4 Å². The largest absolute Gasteiger partial charge is 0.421 e. The van der Waals surface area contributed by atoms with Crippen LogP contribution in [0.1, 0.15) is 47.6 Å². The fourth-order valence-electron chi connectivity index (χ4n) is 4.99. The topological polar surface area (TPSA) is 53.5 Å². The highest BCUT2D eigenvalue weighted by Crippen LogP contribution is 2.42. The molecule has 3 aromatic rings. The molecule has 0 spiro atoms. The Morgan fingerprint density at radius 3 is 2.60 bits per heavy atom. The first-order valence-electron chi connectivity index (χ1n) is 12.0. The highest BCUT2D eigenvalue weighted by molar-refractivity contribution is 5.59. The van der Waals surface area contributed by atoms with Crippen molar-refractivity contribution in [2.45, 2.75) is 50.5 Å². The molecular formula is C26H26F3N5O. The second-order valence-electron chi connectivity index (χ2n) is 9.36. The molecule has 1 aromatic heterocycles. The quantitative estimate of drug-likeness (QED) is 0.509. The molecule has 2 aliphatic heterocycles. The third kappa shape index (κ3) is 4.58. The molecule has 6 rings (SSSR count). The zero-order valence-corrected chi connectivity index (χ0v) is 19.1. The summed E-state index contributed by atoms with van der Waals surface area (Å²) in [5, 5.41) is 4.39. The summed E-state index contributed by atoms with van der Waals surface area (Å²) in [5.41, 5.74) is 3.28. The van der Waals surface area contributed by atoms with Gasteiger partial charge in [0.2, 0.25) is 5.95 Å². The number of anilines is 3. The van der Waals surface area contributed by atoms with E-state index in [9.17, 15) is 13.2 Å². The first-order valence-corrected chi connectivity index (χ1v) is 12.0. The summed E-state index contributed by atoms with van der Waals surface area (Å²) >= 11 is 0. The number of rotatable bonds is 5. The predicted molar refractivity (Wildman–Crippen MR) is 126 cm³/mol. The van der Waals surface area contributed by atoms with Gasteiger partial charge in [-0.2, -0.15) is 18.2 Å². The summed E-state index contributed by atoms with van der Waals surface area (Å²) in [5.74, 6) is -0.176. The van der Waals surface area contributed by atoms with Crippen LogP contribution in [0, 0.1) is 0 Å². The molecule has 1 aliphatic carbocycles. The summed E-state index contributed by atoms with van der Waals surface area (Å²) in [6, 6.07) is 15.8. The number of hydrogen-bond acceptors (Lipinski definition) is 6. The lowest BCUT2D eigenvalue weighted by molar-refractivity contribution is -0.138. The fraction of sp³-hybridized carbons (Fsp3) is 0.385. The van der Waals surface area contributed by atoms with Crippen LogP contribution in [0.25, 0.3) is 0 Å². The van der Waals surface area contributed by atoms with Crippen molar-refractivity contribution in [1.82, 2.24) is 14.9 Å². The van der Waals surface area contributed by atoms with Gasteiger partial charge in [-0.3, -0.25) is 9.74 Å². The molecule has 35 heavy (non-hydrogen) atoms. The Hall–Kier alpha value is -3.17. The Bertz CT molecular complexity index is 1220. The van der Waals surface area contributed by atoms with Crippen molar-refractivity contribution in [3.05, 3.63) is 77.0 Å². The van der Waals surface area contributed by atoms with E-state index in [1.807, 2.05) is 36.4 Å². The van der Waals surface area contributed by atoms with Crippen molar-refractivity contribution in [2.24, 2.45) is 0 Å². The van der Waals surface area contributed by atoms with Gasteiger partial charge >= 0.3 is 6.18 Å². The van der Waals surface area contributed by atoms with E-state index in [-0.39, 0.29) is 17.8 Å². The van der Waals surface area contributed by atoms with Crippen molar-refractivity contribution in [2.75, 3.05) is 23.5 Å². The van der Waals surface area contributed by atoms with Crippen LogP contribution in [0.4, 0.5) is 30.6 Å². The van der Waals surface area contributed by atoms with E-state index in [4.69, 9.17) is 4.84 Å². The molecule has 182 valence electrons. The van der Waals surface area contributed by atoms with Gasteiger partial charge in [-0.25, -0.2) is 10.0 Å². The van der Waals surface area contributed by atoms with E-state index in [1.165, 1.54) is 29.0 Å². The van der Waals surface area contributed by atoms with Gasteiger partial charge < -0.3 is 5.32 Å². The first kappa shape index (κ1) is 22.3. The summed E-state index contributed by atoms with van der Waals surface area (Å²) in [6.07, 6.45) is 0.321. The van der Waals surface area contributed by atoms with Crippen molar-refractivity contribution >= 4 is 17.5 Å². The molecule has 6 nitrogen and oxygen atoms in total. The first-order chi connectivity index (χ1) is 17.0. The predicted octanol–water partition coefficient (Wildman–Crippen LogP) is 5.64. The molecule has 3 aliphatic rings. The molecule has 0 unspecified atom stereocenters. The number of halogens is 3. The van der Waals surface area contributed by atoms with E-state index in [0.717, 1.165) is 43.0 Å². The van der Waals surface area contributed by atoms with E-state index >= 15 is 0 Å². The van der Waals surface area contributed by atoms with Crippen LogP contribution in [-0.2, 0) is 24.0 Å². The molecular weight excluding hydrogens is 455 g/mol. The number of nitrogens with zero attached hydrogens (tertiary/aromatic N) is 4. The highest BCUT2D eigenvalue weighted by Gasteiger charge is 2.40. The SMILES string of the molecule is FC(F)(F)c1cnc(Nc2ccc3c(c2)CCN(C2CC2)C3)nc1N1OCC[C@H]1c1ccccc1. The zero-order valence-electron chi connectivity index (χ0n) is 19.1. The van der Waals surface area contributed by atoms with Crippen LogP contribution in [0.15, 0.2) is 54.7 Å². The van der Waals surface area contributed by atoms with E-state index in [2.05, 4.69) is 32.3 Å². The zero-order chi connectivity index (χ0) is 24.0. The van der Waals surface area contributed by atoms with Gasteiger partial charge in [0.1, 0.15) is 5.56 Å². The lowest BCUT2D eigenvalue weighted by atomic mass is 9.99. The van der Waals surface area contributed by atoms with Gasteiger partial charge in [-0.05, 0) is 48.1 Å². The molecule has 3 heterocycles. The minimum atomic E-state index is -4.61. The van der Waals surface area contributed by atoms with E-state index < -0.39 is 11.7 Å². The number of alkyl halides is 3. The lowest BCUT2D eigenvalue weighted by Crippen LogP contribution is -2.32. The Balaban J connectivity index is 1.29. The maximum atomic E-state index is 13.9. The Labute approximate surface area is 201 Å². The summed E-state index contributed by atoms with van der Waals surface area (Å²) in [4.78, 5) is 16.5. The van der Waals surface area contributed by atoms with Crippen LogP contribution < -0.4 is 10.4 Å². The van der Waals surface area contributed by atoms with Gasteiger partial charge in [-0.15, -0.1) is 0 Å². The Kier molecular flexibility index (Phi) is 5.61. The van der Waals surface area contributed by atoms with Crippen LogP contribution >= 0.6 is 0 Å². The van der Waals surface area contributed by atoms with Gasteiger partial charge in [0.15, 0.2) is 5.82 Å². The number of aromatic nitrogens is 2. The van der Waals surface area contributed by atoms with Crippen LogP contribution in [0.3, 0.4) is 0 Å². The van der Waals surface area contributed by atoms with Crippen LogP contribution in [-0.4, -0.2) is 34.1 Å². The van der Waals surface area contributed by atoms with Crippen molar-refractivity contribution in [3.63, 3.8) is 0 Å². The Morgan fingerprint density at radius 1 is 1.00 bits per heavy atom. The Morgan fingerprint density at radius 2 is 1.83 bits per heavy atom. The number of hydrogen-bond donors (Lipinski definition) is 1. The molecule has 1 saturated heterocycles.